The van der Waals surface area contributed by atoms with Crippen molar-refractivity contribution < 1.29 is 0 Å². The molecule has 0 aromatic heterocycles. The fraction of sp³-hybridized carbons (Fsp3) is 1.00. The molecule has 0 amide bonds. The zero-order valence-corrected chi connectivity index (χ0v) is 11.6. The summed E-state index contributed by atoms with van der Waals surface area (Å²) in [6.45, 7) is 10.7. The van der Waals surface area contributed by atoms with Crippen LogP contribution in [0.5, 0.6) is 0 Å². The van der Waals surface area contributed by atoms with Crippen molar-refractivity contribution in [1.82, 2.24) is 9.80 Å². The van der Waals surface area contributed by atoms with Crippen molar-refractivity contribution in [1.29, 1.82) is 0 Å². The molecule has 2 N–H and O–H groups in total. The molecule has 0 saturated carbocycles. The summed E-state index contributed by atoms with van der Waals surface area (Å²) in [5.41, 5.74) is 5.69. The highest BCUT2D eigenvalue weighted by atomic mass is 15.3. The van der Waals surface area contributed by atoms with Crippen LogP contribution in [-0.4, -0.2) is 54.6 Å². The molecule has 0 aromatic carbocycles. The minimum atomic E-state index is 0.713. The van der Waals surface area contributed by atoms with Gasteiger partial charge in [-0.3, -0.25) is 9.80 Å². The molecular weight excluding hydrogens is 210 g/mol. The molecule has 2 atom stereocenters. The number of nitrogens with zero attached hydrogens (tertiary/aromatic N) is 2. The van der Waals surface area contributed by atoms with Crippen molar-refractivity contribution in [2.75, 3.05) is 32.7 Å². The summed E-state index contributed by atoms with van der Waals surface area (Å²) >= 11 is 0. The molecule has 2 saturated heterocycles. The standard InChI is InChI=1S/C14H29N3/c1-12(2)16-9-6-14(11-16)17-8-3-4-13(10-17)5-7-15/h12-14H,3-11,15H2,1-2H3. The van der Waals surface area contributed by atoms with Gasteiger partial charge in [0.05, 0.1) is 0 Å². The molecule has 2 fully saturated rings. The van der Waals surface area contributed by atoms with Gasteiger partial charge in [0.25, 0.3) is 0 Å². The zero-order valence-electron chi connectivity index (χ0n) is 11.6. The Kier molecular flexibility index (Phi) is 4.83. The molecular formula is C14H29N3. The molecule has 0 radical (unpaired) electrons. The van der Waals surface area contributed by atoms with Gasteiger partial charge < -0.3 is 5.73 Å². The summed E-state index contributed by atoms with van der Waals surface area (Å²) in [6, 6.07) is 1.53. The van der Waals surface area contributed by atoms with E-state index >= 15 is 0 Å². The molecule has 2 aliphatic heterocycles. The van der Waals surface area contributed by atoms with Crippen molar-refractivity contribution in [3.8, 4) is 0 Å². The van der Waals surface area contributed by atoms with Crippen LogP contribution in [0.15, 0.2) is 0 Å². The number of piperidine rings is 1. The van der Waals surface area contributed by atoms with Crippen molar-refractivity contribution in [3.05, 3.63) is 0 Å². The monoisotopic (exact) mass is 239 g/mol. The van der Waals surface area contributed by atoms with Gasteiger partial charge in [-0.1, -0.05) is 0 Å². The minimum absolute atomic E-state index is 0.713. The molecule has 0 bridgehead atoms. The molecule has 2 aliphatic rings. The van der Waals surface area contributed by atoms with Crippen LogP contribution in [0.3, 0.4) is 0 Å². The molecule has 2 heterocycles. The number of rotatable bonds is 4. The largest absolute Gasteiger partial charge is 0.330 e. The predicted molar refractivity (Wildman–Crippen MR) is 73.1 cm³/mol. The SMILES string of the molecule is CC(C)N1CCC(N2CCCC(CCN)C2)C1. The van der Waals surface area contributed by atoms with Crippen LogP contribution in [0.2, 0.25) is 0 Å². The van der Waals surface area contributed by atoms with Gasteiger partial charge in [0.2, 0.25) is 0 Å². The van der Waals surface area contributed by atoms with Crippen LogP contribution < -0.4 is 5.73 Å². The highest BCUT2D eigenvalue weighted by Gasteiger charge is 2.31. The van der Waals surface area contributed by atoms with E-state index in [0.29, 0.717) is 6.04 Å². The van der Waals surface area contributed by atoms with E-state index in [2.05, 4.69) is 23.6 Å². The molecule has 0 aliphatic carbocycles. The average Bonchev–Trinajstić information content (AvgIpc) is 2.79. The minimum Gasteiger partial charge on any atom is -0.330 e. The van der Waals surface area contributed by atoms with Gasteiger partial charge in [-0.2, -0.15) is 0 Å². The molecule has 0 aromatic rings. The Bertz CT molecular complexity index is 228. The Morgan fingerprint density at radius 3 is 2.65 bits per heavy atom. The maximum atomic E-state index is 5.69. The van der Waals surface area contributed by atoms with Crippen LogP contribution in [0, 0.1) is 5.92 Å². The second-order valence-corrected chi connectivity index (χ2v) is 6.11. The first kappa shape index (κ1) is 13.3. The molecule has 100 valence electrons. The van der Waals surface area contributed by atoms with Gasteiger partial charge in [0, 0.05) is 31.7 Å². The average molecular weight is 239 g/mol. The maximum absolute atomic E-state index is 5.69. The predicted octanol–water partition coefficient (Wildman–Crippen LogP) is 1.53. The Labute approximate surface area is 106 Å². The van der Waals surface area contributed by atoms with E-state index in [4.69, 9.17) is 5.73 Å². The van der Waals surface area contributed by atoms with E-state index in [1.165, 1.54) is 51.9 Å². The molecule has 2 rings (SSSR count). The van der Waals surface area contributed by atoms with E-state index < -0.39 is 0 Å². The van der Waals surface area contributed by atoms with Gasteiger partial charge in [-0.05, 0) is 58.5 Å². The molecule has 3 nitrogen and oxygen atoms in total. The van der Waals surface area contributed by atoms with Gasteiger partial charge in [-0.15, -0.1) is 0 Å². The van der Waals surface area contributed by atoms with Gasteiger partial charge in [0.15, 0.2) is 0 Å². The summed E-state index contributed by atoms with van der Waals surface area (Å²) in [5.74, 6) is 0.863. The summed E-state index contributed by atoms with van der Waals surface area (Å²) in [5, 5.41) is 0. The normalized spacial score (nSPS) is 32.5. The topological polar surface area (TPSA) is 32.5 Å². The molecule has 17 heavy (non-hydrogen) atoms. The van der Waals surface area contributed by atoms with E-state index in [0.717, 1.165) is 18.5 Å². The van der Waals surface area contributed by atoms with Crippen LogP contribution in [0.4, 0.5) is 0 Å². The third-order valence-corrected chi connectivity index (χ3v) is 4.57. The highest BCUT2D eigenvalue weighted by molar-refractivity contribution is 4.87. The first-order chi connectivity index (χ1) is 8.20. The van der Waals surface area contributed by atoms with E-state index in [1.54, 1.807) is 0 Å². The Morgan fingerprint density at radius 2 is 2.00 bits per heavy atom. The van der Waals surface area contributed by atoms with E-state index in [1.807, 2.05) is 0 Å². The van der Waals surface area contributed by atoms with Gasteiger partial charge in [-0.25, -0.2) is 0 Å². The lowest BCUT2D eigenvalue weighted by molar-refractivity contribution is 0.118. The Balaban J connectivity index is 1.82. The second kappa shape index (κ2) is 6.17. The lowest BCUT2D eigenvalue weighted by Crippen LogP contribution is -2.44. The lowest BCUT2D eigenvalue weighted by Gasteiger charge is -2.37. The van der Waals surface area contributed by atoms with Crippen LogP contribution in [0.1, 0.15) is 39.5 Å². The summed E-state index contributed by atoms with van der Waals surface area (Å²) < 4.78 is 0. The molecule has 2 unspecified atom stereocenters. The van der Waals surface area contributed by atoms with Crippen LogP contribution in [-0.2, 0) is 0 Å². The summed E-state index contributed by atoms with van der Waals surface area (Å²) in [7, 11) is 0. The van der Waals surface area contributed by atoms with Gasteiger partial charge in [0.1, 0.15) is 0 Å². The van der Waals surface area contributed by atoms with Crippen LogP contribution in [0.25, 0.3) is 0 Å². The third kappa shape index (κ3) is 3.43. The quantitative estimate of drug-likeness (QED) is 0.807. The third-order valence-electron chi connectivity index (χ3n) is 4.57. The Morgan fingerprint density at radius 1 is 1.18 bits per heavy atom. The summed E-state index contributed by atoms with van der Waals surface area (Å²) in [6.07, 6.45) is 5.36. The first-order valence-electron chi connectivity index (χ1n) is 7.39. The van der Waals surface area contributed by atoms with E-state index in [-0.39, 0.29) is 0 Å². The second-order valence-electron chi connectivity index (χ2n) is 6.11. The Hall–Kier alpha value is -0.120. The highest BCUT2D eigenvalue weighted by Crippen LogP contribution is 2.25. The van der Waals surface area contributed by atoms with E-state index in [9.17, 15) is 0 Å². The van der Waals surface area contributed by atoms with Crippen molar-refractivity contribution in [2.45, 2.75) is 51.6 Å². The maximum Gasteiger partial charge on any atom is 0.0235 e. The number of hydrogen-bond acceptors (Lipinski definition) is 3. The fourth-order valence-corrected chi connectivity index (χ4v) is 3.44. The summed E-state index contributed by atoms with van der Waals surface area (Å²) in [4.78, 5) is 5.36. The van der Waals surface area contributed by atoms with Crippen molar-refractivity contribution >= 4 is 0 Å². The molecule has 0 spiro atoms. The number of likely N-dealkylation sites (tertiary alicyclic amines) is 2. The first-order valence-corrected chi connectivity index (χ1v) is 7.39. The van der Waals surface area contributed by atoms with Gasteiger partial charge >= 0.3 is 0 Å². The fourth-order valence-electron chi connectivity index (χ4n) is 3.44. The number of hydrogen-bond donors (Lipinski definition) is 1. The zero-order chi connectivity index (χ0) is 12.3. The van der Waals surface area contributed by atoms with Crippen molar-refractivity contribution in [3.63, 3.8) is 0 Å². The number of nitrogens with two attached hydrogens (primary N) is 1. The van der Waals surface area contributed by atoms with Crippen molar-refractivity contribution in [2.24, 2.45) is 11.7 Å². The smallest absolute Gasteiger partial charge is 0.0235 e. The molecule has 3 heteroatoms. The van der Waals surface area contributed by atoms with Crippen LogP contribution >= 0.6 is 0 Å². The lowest BCUT2D eigenvalue weighted by atomic mass is 9.93.